The lowest BCUT2D eigenvalue weighted by Crippen LogP contribution is -2.18. The van der Waals surface area contributed by atoms with Crippen molar-refractivity contribution in [3.8, 4) is 5.75 Å². The molecule has 0 radical (unpaired) electrons. The molecule has 0 unspecified atom stereocenters. The Hall–Kier alpha value is -1.49. The maximum atomic E-state index is 7.16. The Bertz CT molecular complexity index is 449. The monoisotopic (exact) mass is 215 g/mol. The summed E-state index contributed by atoms with van der Waals surface area (Å²) in [6.45, 7) is 14.5. The van der Waals surface area contributed by atoms with E-state index < -0.39 is 0 Å². The molecule has 84 valence electrons. The van der Waals surface area contributed by atoms with Crippen molar-refractivity contribution in [2.24, 2.45) is 0 Å². The molecule has 0 aliphatic carbocycles. The molecule has 2 rings (SSSR count). The topological polar surface area (TPSA) is 13.6 Å². The quantitative estimate of drug-likeness (QED) is 0.599. The maximum Gasteiger partial charge on any atom is 0.228 e. The lowest BCUT2D eigenvalue weighted by atomic mass is 9.81. The first kappa shape index (κ1) is 11.0. The molecular weight excluding hydrogens is 198 g/mol. The molecule has 0 N–H and O–H groups in total. The minimum absolute atomic E-state index is 0.116. The van der Waals surface area contributed by atoms with Crippen molar-refractivity contribution in [1.29, 1.82) is 0 Å². The van der Waals surface area contributed by atoms with Gasteiger partial charge >= 0.3 is 0 Å². The van der Waals surface area contributed by atoms with E-state index in [0.29, 0.717) is 5.69 Å². The van der Waals surface area contributed by atoms with E-state index in [9.17, 15) is 0 Å². The summed E-state index contributed by atoms with van der Waals surface area (Å²) in [5.74, 6) is 0.827. The Balaban J connectivity index is 2.63. The molecule has 0 amide bonds. The SMILES string of the molecule is [C-]#[N+]c1ccc(C(C)(C)C)c2c1OCCC2. The predicted molar refractivity (Wildman–Crippen MR) is 65.2 cm³/mol. The molecule has 0 fully saturated rings. The number of rotatable bonds is 0. The summed E-state index contributed by atoms with van der Waals surface area (Å²) in [6, 6.07) is 3.97. The molecule has 0 saturated heterocycles. The molecule has 0 saturated carbocycles. The van der Waals surface area contributed by atoms with Crippen LogP contribution in [0.3, 0.4) is 0 Å². The van der Waals surface area contributed by atoms with Gasteiger partial charge in [-0.2, -0.15) is 0 Å². The number of fused-ring (bicyclic) bond motifs is 1. The molecule has 1 heterocycles. The minimum Gasteiger partial charge on any atom is -0.504 e. The Labute approximate surface area is 97.1 Å². The van der Waals surface area contributed by atoms with E-state index in [1.165, 1.54) is 11.1 Å². The van der Waals surface area contributed by atoms with Crippen LogP contribution >= 0.6 is 0 Å². The van der Waals surface area contributed by atoms with Crippen molar-refractivity contribution in [1.82, 2.24) is 0 Å². The largest absolute Gasteiger partial charge is 0.504 e. The highest BCUT2D eigenvalue weighted by molar-refractivity contribution is 5.64. The standard InChI is InChI=1S/C14H17NO/c1-14(2,3)11-7-8-12(15-4)13-10(11)6-5-9-16-13/h7-8H,5-6,9H2,1-3H3. The van der Waals surface area contributed by atoms with Gasteiger partial charge in [0.1, 0.15) is 5.75 Å². The molecule has 0 spiro atoms. The fourth-order valence-corrected chi connectivity index (χ4v) is 2.24. The number of ether oxygens (including phenoxy) is 1. The van der Waals surface area contributed by atoms with Gasteiger partial charge in [0.25, 0.3) is 0 Å². The third kappa shape index (κ3) is 1.78. The van der Waals surface area contributed by atoms with E-state index >= 15 is 0 Å². The summed E-state index contributed by atoms with van der Waals surface area (Å²) >= 11 is 0. The number of benzene rings is 1. The van der Waals surface area contributed by atoms with Crippen LogP contribution in [0.2, 0.25) is 0 Å². The van der Waals surface area contributed by atoms with E-state index in [1.54, 1.807) is 0 Å². The molecule has 1 aliphatic rings. The average Bonchev–Trinajstić information content (AvgIpc) is 2.26. The van der Waals surface area contributed by atoms with Crippen LogP contribution < -0.4 is 4.74 Å². The Morgan fingerprint density at radius 1 is 1.31 bits per heavy atom. The summed E-state index contributed by atoms with van der Waals surface area (Å²) < 4.78 is 5.67. The van der Waals surface area contributed by atoms with Gasteiger partial charge in [0, 0.05) is 0 Å². The van der Waals surface area contributed by atoms with Crippen molar-refractivity contribution in [3.63, 3.8) is 0 Å². The second kappa shape index (κ2) is 3.83. The summed E-state index contributed by atoms with van der Waals surface area (Å²) in [5.41, 5.74) is 3.33. The van der Waals surface area contributed by atoms with Crippen molar-refractivity contribution in [2.45, 2.75) is 39.0 Å². The van der Waals surface area contributed by atoms with Gasteiger partial charge < -0.3 is 4.74 Å². The first-order chi connectivity index (χ1) is 7.54. The zero-order chi connectivity index (χ0) is 11.8. The Kier molecular flexibility index (Phi) is 2.63. The van der Waals surface area contributed by atoms with Crippen LogP contribution in [0, 0.1) is 6.57 Å². The van der Waals surface area contributed by atoms with Crippen LogP contribution in [0.1, 0.15) is 38.3 Å². The Morgan fingerprint density at radius 3 is 2.69 bits per heavy atom. The predicted octanol–water partition coefficient (Wildman–Crippen LogP) is 3.86. The van der Waals surface area contributed by atoms with Crippen molar-refractivity contribution in [3.05, 3.63) is 34.7 Å². The van der Waals surface area contributed by atoms with Crippen LogP contribution in [0.25, 0.3) is 4.85 Å². The van der Waals surface area contributed by atoms with Gasteiger partial charge in [0.15, 0.2) is 0 Å². The molecule has 16 heavy (non-hydrogen) atoms. The maximum absolute atomic E-state index is 7.16. The number of nitrogens with zero attached hydrogens (tertiary/aromatic N) is 1. The van der Waals surface area contributed by atoms with E-state index in [2.05, 4.69) is 31.7 Å². The van der Waals surface area contributed by atoms with Crippen molar-refractivity contribution < 1.29 is 4.74 Å². The fourth-order valence-electron chi connectivity index (χ4n) is 2.24. The van der Waals surface area contributed by atoms with E-state index in [1.807, 2.05) is 6.07 Å². The second-order valence-electron chi connectivity index (χ2n) is 5.25. The van der Waals surface area contributed by atoms with Crippen LogP contribution in [-0.4, -0.2) is 6.61 Å². The lowest BCUT2D eigenvalue weighted by Gasteiger charge is -2.28. The fraction of sp³-hybridized carbons (Fsp3) is 0.500. The molecule has 1 aliphatic heterocycles. The highest BCUT2D eigenvalue weighted by Crippen LogP contribution is 2.41. The van der Waals surface area contributed by atoms with E-state index in [0.717, 1.165) is 25.2 Å². The first-order valence-corrected chi connectivity index (χ1v) is 5.70. The second-order valence-corrected chi connectivity index (χ2v) is 5.25. The minimum atomic E-state index is 0.116. The first-order valence-electron chi connectivity index (χ1n) is 5.70. The Morgan fingerprint density at radius 2 is 2.06 bits per heavy atom. The van der Waals surface area contributed by atoms with Gasteiger partial charge in [0.2, 0.25) is 5.69 Å². The molecular formula is C14H17NO. The molecule has 0 bridgehead atoms. The van der Waals surface area contributed by atoms with Gasteiger partial charge in [-0.25, -0.2) is 4.85 Å². The summed E-state index contributed by atoms with van der Waals surface area (Å²) in [7, 11) is 0. The van der Waals surface area contributed by atoms with E-state index in [4.69, 9.17) is 11.3 Å². The molecule has 2 heteroatoms. The van der Waals surface area contributed by atoms with E-state index in [-0.39, 0.29) is 5.41 Å². The van der Waals surface area contributed by atoms with Crippen LogP contribution in [0.4, 0.5) is 5.69 Å². The zero-order valence-corrected chi connectivity index (χ0v) is 10.1. The highest BCUT2D eigenvalue weighted by Gasteiger charge is 2.24. The van der Waals surface area contributed by atoms with Crippen molar-refractivity contribution in [2.75, 3.05) is 6.61 Å². The van der Waals surface area contributed by atoms with Gasteiger partial charge in [-0.1, -0.05) is 32.9 Å². The lowest BCUT2D eigenvalue weighted by molar-refractivity contribution is 0.288. The highest BCUT2D eigenvalue weighted by atomic mass is 16.5. The third-order valence-electron chi connectivity index (χ3n) is 2.99. The molecule has 0 atom stereocenters. The summed E-state index contributed by atoms with van der Waals surface area (Å²) in [5, 5.41) is 0. The van der Waals surface area contributed by atoms with Gasteiger partial charge in [0.05, 0.1) is 13.2 Å². The third-order valence-corrected chi connectivity index (χ3v) is 2.99. The van der Waals surface area contributed by atoms with Crippen LogP contribution in [0.5, 0.6) is 5.75 Å². The summed E-state index contributed by atoms with van der Waals surface area (Å²) in [6.07, 6.45) is 2.09. The zero-order valence-electron chi connectivity index (χ0n) is 10.1. The summed E-state index contributed by atoms with van der Waals surface area (Å²) in [4.78, 5) is 3.53. The molecule has 1 aromatic carbocycles. The van der Waals surface area contributed by atoms with Gasteiger partial charge in [-0.15, -0.1) is 0 Å². The number of hydrogen-bond donors (Lipinski definition) is 0. The number of hydrogen-bond acceptors (Lipinski definition) is 1. The average molecular weight is 215 g/mol. The van der Waals surface area contributed by atoms with Crippen LogP contribution in [-0.2, 0) is 11.8 Å². The van der Waals surface area contributed by atoms with Gasteiger partial charge in [-0.3, -0.25) is 0 Å². The molecule has 1 aromatic rings. The molecule has 0 aromatic heterocycles. The normalized spacial score (nSPS) is 14.9. The van der Waals surface area contributed by atoms with Gasteiger partial charge in [-0.05, 0) is 29.4 Å². The van der Waals surface area contributed by atoms with Crippen LogP contribution in [0.15, 0.2) is 12.1 Å². The molecule has 2 nitrogen and oxygen atoms in total. The van der Waals surface area contributed by atoms with Crippen molar-refractivity contribution >= 4 is 5.69 Å². The smallest absolute Gasteiger partial charge is 0.228 e.